The molecule has 1 aromatic heterocycles. The molecule has 2 heterocycles. The number of halogens is 1. The Morgan fingerprint density at radius 3 is 2.44 bits per heavy atom. The van der Waals surface area contributed by atoms with Gasteiger partial charge in [-0.1, -0.05) is 24.4 Å². The SMILES string of the molecule is O=S(=O)(Nc1cncc(Cl)n1)N1CCCCCC1. The average Bonchev–Trinajstić information content (AvgIpc) is 2.57. The van der Waals surface area contributed by atoms with E-state index in [-0.39, 0.29) is 11.0 Å². The van der Waals surface area contributed by atoms with Crippen molar-refractivity contribution in [2.24, 2.45) is 0 Å². The van der Waals surface area contributed by atoms with Crippen LogP contribution in [0.1, 0.15) is 25.7 Å². The van der Waals surface area contributed by atoms with Crippen LogP contribution in [-0.4, -0.2) is 35.8 Å². The van der Waals surface area contributed by atoms with E-state index >= 15 is 0 Å². The second-order valence-corrected chi connectivity index (χ2v) is 6.21. The predicted octanol–water partition coefficient (Wildman–Crippen LogP) is 1.66. The molecule has 0 bridgehead atoms. The maximum absolute atomic E-state index is 12.1. The minimum Gasteiger partial charge on any atom is -0.258 e. The summed E-state index contributed by atoms with van der Waals surface area (Å²) in [5, 5.41) is 0.158. The van der Waals surface area contributed by atoms with E-state index in [0.717, 1.165) is 25.7 Å². The molecule has 0 aliphatic carbocycles. The number of rotatable bonds is 3. The number of nitrogens with zero attached hydrogens (tertiary/aromatic N) is 3. The Labute approximate surface area is 112 Å². The van der Waals surface area contributed by atoms with Gasteiger partial charge in [0.15, 0.2) is 5.82 Å². The van der Waals surface area contributed by atoms with E-state index in [1.165, 1.54) is 16.7 Å². The standard InChI is InChI=1S/C10H15ClN4O2S/c11-9-7-12-8-10(13-9)14-18(16,17)15-5-3-1-2-4-6-15/h7-8H,1-6H2,(H,13,14). The van der Waals surface area contributed by atoms with Crippen LogP contribution in [0.25, 0.3) is 0 Å². The van der Waals surface area contributed by atoms with E-state index < -0.39 is 10.2 Å². The molecule has 0 saturated carbocycles. The second kappa shape index (κ2) is 5.81. The summed E-state index contributed by atoms with van der Waals surface area (Å²) in [6, 6.07) is 0. The highest BCUT2D eigenvalue weighted by Crippen LogP contribution is 2.15. The number of hydrogen-bond acceptors (Lipinski definition) is 4. The highest BCUT2D eigenvalue weighted by molar-refractivity contribution is 7.90. The fourth-order valence-electron chi connectivity index (χ4n) is 1.87. The van der Waals surface area contributed by atoms with E-state index in [4.69, 9.17) is 11.6 Å². The fraction of sp³-hybridized carbons (Fsp3) is 0.600. The molecule has 1 aromatic rings. The summed E-state index contributed by atoms with van der Waals surface area (Å²) in [7, 11) is -3.55. The number of nitrogens with one attached hydrogen (secondary N) is 1. The van der Waals surface area contributed by atoms with Crippen LogP contribution in [0.3, 0.4) is 0 Å². The lowest BCUT2D eigenvalue weighted by Crippen LogP contribution is -2.36. The van der Waals surface area contributed by atoms with Crippen LogP contribution in [0.5, 0.6) is 0 Å². The van der Waals surface area contributed by atoms with E-state index in [1.807, 2.05) is 0 Å². The molecule has 1 N–H and O–H groups in total. The molecule has 0 radical (unpaired) electrons. The summed E-state index contributed by atoms with van der Waals surface area (Å²) in [5.41, 5.74) is 0. The minimum absolute atomic E-state index is 0.145. The minimum atomic E-state index is -3.55. The predicted molar refractivity (Wildman–Crippen MR) is 69.6 cm³/mol. The van der Waals surface area contributed by atoms with Crippen LogP contribution < -0.4 is 4.72 Å². The van der Waals surface area contributed by atoms with Crippen LogP contribution in [0.15, 0.2) is 12.4 Å². The molecule has 0 amide bonds. The van der Waals surface area contributed by atoms with E-state index in [1.54, 1.807) is 0 Å². The van der Waals surface area contributed by atoms with Crippen molar-refractivity contribution in [2.75, 3.05) is 17.8 Å². The molecule has 1 fully saturated rings. The summed E-state index contributed by atoms with van der Waals surface area (Å²) in [5.74, 6) is 0.145. The van der Waals surface area contributed by atoms with Gasteiger partial charge in [-0.25, -0.2) is 4.98 Å². The molecule has 1 aliphatic rings. The smallest absolute Gasteiger partial charge is 0.258 e. The summed E-state index contributed by atoms with van der Waals surface area (Å²) in [6.07, 6.45) is 6.61. The van der Waals surface area contributed by atoms with Gasteiger partial charge in [0.2, 0.25) is 0 Å². The van der Waals surface area contributed by atoms with Crippen LogP contribution >= 0.6 is 11.6 Å². The lowest BCUT2D eigenvalue weighted by atomic mass is 10.2. The highest BCUT2D eigenvalue weighted by Gasteiger charge is 2.23. The van der Waals surface area contributed by atoms with Crippen LogP contribution in [-0.2, 0) is 10.2 Å². The van der Waals surface area contributed by atoms with Gasteiger partial charge >= 0.3 is 10.2 Å². The molecular formula is C10H15ClN4O2S. The Morgan fingerprint density at radius 1 is 1.17 bits per heavy atom. The Morgan fingerprint density at radius 2 is 1.83 bits per heavy atom. The largest absolute Gasteiger partial charge is 0.302 e. The van der Waals surface area contributed by atoms with Gasteiger partial charge in [-0.05, 0) is 12.8 Å². The van der Waals surface area contributed by atoms with Crippen LogP contribution in [0.4, 0.5) is 5.82 Å². The second-order valence-electron chi connectivity index (χ2n) is 4.15. The molecule has 100 valence electrons. The fourth-order valence-corrected chi connectivity index (χ4v) is 3.25. The third-order valence-electron chi connectivity index (χ3n) is 2.74. The van der Waals surface area contributed by atoms with Crippen molar-refractivity contribution in [3.63, 3.8) is 0 Å². The molecule has 0 unspecified atom stereocenters. The monoisotopic (exact) mass is 290 g/mol. The summed E-state index contributed by atoms with van der Waals surface area (Å²) in [6.45, 7) is 1.09. The first kappa shape index (κ1) is 13.5. The van der Waals surface area contributed by atoms with Gasteiger partial charge in [0.1, 0.15) is 5.15 Å². The normalized spacial score (nSPS) is 18.3. The molecule has 1 aliphatic heterocycles. The van der Waals surface area contributed by atoms with Crippen LogP contribution in [0, 0.1) is 0 Å². The van der Waals surface area contributed by atoms with Gasteiger partial charge in [-0.2, -0.15) is 12.7 Å². The first-order valence-corrected chi connectivity index (χ1v) is 7.65. The Hall–Kier alpha value is -0.920. The molecule has 2 rings (SSSR count). The molecule has 0 aromatic carbocycles. The third kappa shape index (κ3) is 3.54. The molecule has 6 nitrogen and oxygen atoms in total. The van der Waals surface area contributed by atoms with Gasteiger partial charge in [0.05, 0.1) is 12.4 Å². The molecule has 0 atom stereocenters. The van der Waals surface area contributed by atoms with Crippen molar-refractivity contribution in [1.29, 1.82) is 0 Å². The van der Waals surface area contributed by atoms with Crippen molar-refractivity contribution in [3.05, 3.63) is 17.5 Å². The number of hydrogen-bond donors (Lipinski definition) is 1. The zero-order valence-electron chi connectivity index (χ0n) is 9.84. The lowest BCUT2D eigenvalue weighted by molar-refractivity contribution is 0.427. The molecular weight excluding hydrogens is 276 g/mol. The van der Waals surface area contributed by atoms with Gasteiger partial charge in [0, 0.05) is 13.1 Å². The number of aromatic nitrogens is 2. The molecule has 8 heteroatoms. The summed E-state index contributed by atoms with van der Waals surface area (Å²) in [4.78, 5) is 7.65. The Balaban J connectivity index is 2.10. The van der Waals surface area contributed by atoms with Crippen molar-refractivity contribution in [2.45, 2.75) is 25.7 Å². The zero-order valence-corrected chi connectivity index (χ0v) is 11.4. The van der Waals surface area contributed by atoms with E-state index in [0.29, 0.717) is 13.1 Å². The third-order valence-corrected chi connectivity index (χ3v) is 4.44. The maximum atomic E-state index is 12.1. The van der Waals surface area contributed by atoms with E-state index in [9.17, 15) is 8.42 Å². The molecule has 0 spiro atoms. The maximum Gasteiger partial charge on any atom is 0.302 e. The Kier molecular flexibility index (Phi) is 4.36. The molecule has 18 heavy (non-hydrogen) atoms. The zero-order chi connectivity index (χ0) is 13.0. The van der Waals surface area contributed by atoms with Gasteiger partial charge in [0.25, 0.3) is 0 Å². The van der Waals surface area contributed by atoms with Crippen molar-refractivity contribution >= 4 is 27.6 Å². The first-order valence-electron chi connectivity index (χ1n) is 5.83. The van der Waals surface area contributed by atoms with E-state index in [2.05, 4.69) is 14.7 Å². The van der Waals surface area contributed by atoms with Crippen LogP contribution in [0.2, 0.25) is 5.15 Å². The molecule has 1 saturated heterocycles. The quantitative estimate of drug-likeness (QED) is 0.919. The summed E-state index contributed by atoms with van der Waals surface area (Å²) >= 11 is 5.66. The van der Waals surface area contributed by atoms with Gasteiger partial charge in [-0.3, -0.25) is 9.71 Å². The highest BCUT2D eigenvalue weighted by atomic mass is 35.5. The van der Waals surface area contributed by atoms with Crippen molar-refractivity contribution in [3.8, 4) is 0 Å². The average molecular weight is 291 g/mol. The van der Waals surface area contributed by atoms with Gasteiger partial charge in [-0.15, -0.1) is 0 Å². The topological polar surface area (TPSA) is 75.2 Å². The van der Waals surface area contributed by atoms with Crippen molar-refractivity contribution < 1.29 is 8.42 Å². The summed E-state index contributed by atoms with van der Waals surface area (Å²) < 4.78 is 28.1. The Bertz CT molecular complexity index is 500. The first-order chi connectivity index (χ1) is 8.58. The van der Waals surface area contributed by atoms with Crippen molar-refractivity contribution in [1.82, 2.24) is 14.3 Å². The van der Waals surface area contributed by atoms with Gasteiger partial charge < -0.3 is 0 Å². The lowest BCUT2D eigenvalue weighted by Gasteiger charge is -2.20. The number of anilines is 1.